The molecule has 0 aliphatic heterocycles. The Morgan fingerprint density at radius 3 is 1.19 bits per heavy atom. The summed E-state index contributed by atoms with van der Waals surface area (Å²) in [6.45, 7) is 15.6. The average Bonchev–Trinajstić information content (AvgIpc) is 2.78. The van der Waals surface area contributed by atoms with Crippen LogP contribution in [0.3, 0.4) is 0 Å². The van der Waals surface area contributed by atoms with Gasteiger partial charge in [-0.15, -0.1) is 0 Å². The molecule has 0 aromatic rings. The Morgan fingerprint density at radius 2 is 0.968 bits per heavy atom. The van der Waals surface area contributed by atoms with E-state index in [0.717, 1.165) is 45.1 Å². The summed E-state index contributed by atoms with van der Waals surface area (Å²) in [7, 11) is 2.04. The number of unbranched alkanes of at least 4 members (excludes halogenated alkanes) is 2. The van der Waals surface area contributed by atoms with Crippen molar-refractivity contribution in [3.05, 3.63) is 0 Å². The first-order chi connectivity index (χ1) is 14.6. The molecule has 0 aromatic heterocycles. The highest BCUT2D eigenvalue weighted by molar-refractivity contribution is 6.67. The molecule has 7 nitrogen and oxygen atoms in total. The van der Waals surface area contributed by atoms with E-state index < -0.39 is 17.1 Å². The van der Waals surface area contributed by atoms with Gasteiger partial charge < -0.3 is 27.2 Å². The van der Waals surface area contributed by atoms with Gasteiger partial charge in [0.05, 0.1) is 0 Å². The van der Waals surface area contributed by atoms with Crippen molar-refractivity contribution in [2.75, 3.05) is 35.0 Å². The van der Waals surface area contributed by atoms with Gasteiger partial charge >= 0.3 is 17.1 Å². The smallest absolute Gasteiger partial charge is 0.364 e. The third-order valence-electron chi connectivity index (χ3n) is 6.45. The van der Waals surface area contributed by atoms with Crippen LogP contribution in [0.2, 0.25) is 13.1 Å². The largest absolute Gasteiger partial charge is 0.396 e. The fourth-order valence-electron chi connectivity index (χ4n) is 3.82. The van der Waals surface area contributed by atoms with E-state index in [1.165, 1.54) is 0 Å². The Kier molecular flexibility index (Phi) is 16.0. The van der Waals surface area contributed by atoms with Crippen molar-refractivity contribution in [2.24, 2.45) is 0 Å². The zero-order valence-electron chi connectivity index (χ0n) is 22.2. The number of ether oxygens (including phenoxy) is 2. The zero-order chi connectivity index (χ0) is 24.1. The van der Waals surface area contributed by atoms with E-state index >= 15 is 0 Å². The Hall–Kier alpha value is 0.154. The summed E-state index contributed by atoms with van der Waals surface area (Å²) in [5.41, 5.74) is -0.0978. The minimum Gasteiger partial charge on any atom is -0.396 e. The van der Waals surface area contributed by atoms with Crippen LogP contribution in [0.5, 0.6) is 0 Å². The van der Waals surface area contributed by atoms with E-state index in [1.807, 2.05) is 0 Å². The second-order valence-electron chi connectivity index (χ2n) is 8.41. The van der Waals surface area contributed by atoms with Gasteiger partial charge in [-0.1, -0.05) is 46.5 Å². The van der Waals surface area contributed by atoms with Crippen molar-refractivity contribution in [3.8, 4) is 0 Å². The predicted molar refractivity (Wildman–Crippen MR) is 131 cm³/mol. The van der Waals surface area contributed by atoms with Crippen molar-refractivity contribution in [1.82, 2.24) is 4.90 Å². The normalized spacial score (nSPS) is 17.0. The van der Waals surface area contributed by atoms with Gasteiger partial charge in [0.2, 0.25) is 0 Å². The first-order valence-corrected chi connectivity index (χ1v) is 16.7. The first-order valence-electron chi connectivity index (χ1n) is 11.9. The Bertz CT molecular complexity index is 414. The molecule has 0 aliphatic rings. The molecular weight excluding hydrogens is 430 g/mol. The summed E-state index contributed by atoms with van der Waals surface area (Å²) in [6.07, 6.45) is 5.96. The molecule has 0 amide bonds. The fourth-order valence-corrected chi connectivity index (χ4v) is 7.55. The van der Waals surface area contributed by atoms with Gasteiger partial charge in [-0.3, -0.25) is 4.90 Å². The monoisotopic (exact) mass is 481 g/mol. The summed E-state index contributed by atoms with van der Waals surface area (Å²) < 4.78 is 36.4. The van der Waals surface area contributed by atoms with Gasteiger partial charge in [0.25, 0.3) is 0 Å². The van der Waals surface area contributed by atoms with Crippen LogP contribution in [-0.4, -0.2) is 80.9 Å². The molecule has 31 heavy (non-hydrogen) atoms. The molecule has 188 valence electrons. The van der Waals surface area contributed by atoms with E-state index in [1.54, 1.807) is 28.4 Å². The summed E-state index contributed by atoms with van der Waals surface area (Å²) in [5, 5.41) is 0. The van der Waals surface area contributed by atoms with E-state index in [2.05, 4.69) is 52.6 Å². The molecule has 0 heterocycles. The molecule has 0 aliphatic carbocycles. The Balaban J connectivity index is 5.46. The fraction of sp³-hybridized carbons (Fsp3) is 1.00. The van der Waals surface area contributed by atoms with Gasteiger partial charge in [0.15, 0.2) is 0 Å². The second kappa shape index (κ2) is 15.9. The molecule has 0 N–H and O–H groups in total. The lowest BCUT2D eigenvalue weighted by molar-refractivity contribution is -0.163. The first kappa shape index (κ1) is 31.2. The number of rotatable bonds is 19. The minimum absolute atomic E-state index is 0.0489. The van der Waals surface area contributed by atoms with E-state index in [-0.39, 0.29) is 23.9 Å². The van der Waals surface area contributed by atoms with Crippen LogP contribution in [0.15, 0.2) is 0 Å². The van der Waals surface area contributed by atoms with Crippen LogP contribution >= 0.6 is 0 Å². The van der Waals surface area contributed by atoms with E-state index in [0.29, 0.717) is 0 Å². The molecule has 0 rings (SSSR count). The molecule has 0 saturated heterocycles. The molecule has 0 saturated carbocycles. The van der Waals surface area contributed by atoms with Gasteiger partial charge in [-0.25, -0.2) is 0 Å². The maximum Gasteiger partial charge on any atom is 0.364 e. The van der Waals surface area contributed by atoms with Crippen LogP contribution < -0.4 is 0 Å². The molecule has 0 aromatic carbocycles. The maximum atomic E-state index is 6.58. The summed E-state index contributed by atoms with van der Waals surface area (Å²) in [6, 6.07) is 0. The molecule has 4 unspecified atom stereocenters. The van der Waals surface area contributed by atoms with Crippen molar-refractivity contribution in [1.29, 1.82) is 0 Å². The van der Waals surface area contributed by atoms with Crippen molar-refractivity contribution < 1.29 is 27.2 Å². The summed E-state index contributed by atoms with van der Waals surface area (Å²) >= 11 is 0. The zero-order valence-corrected chi connectivity index (χ0v) is 24.2. The molecule has 0 fully saturated rings. The van der Waals surface area contributed by atoms with Crippen LogP contribution in [0.1, 0.15) is 73.1 Å². The third kappa shape index (κ3) is 9.50. The number of hydrogen-bond acceptors (Lipinski definition) is 7. The highest BCUT2D eigenvalue weighted by Gasteiger charge is 2.44. The lowest BCUT2D eigenvalue weighted by atomic mass is 10.2. The highest BCUT2D eigenvalue weighted by Crippen LogP contribution is 2.25. The van der Waals surface area contributed by atoms with Crippen LogP contribution in [0, 0.1) is 0 Å². The van der Waals surface area contributed by atoms with Crippen LogP contribution in [0.4, 0.5) is 0 Å². The number of nitrogens with zero attached hydrogens (tertiary/aromatic N) is 1. The van der Waals surface area contributed by atoms with Gasteiger partial charge in [0.1, 0.15) is 23.9 Å². The topological polar surface area (TPSA) is 58.6 Å². The summed E-state index contributed by atoms with van der Waals surface area (Å²) in [4.78, 5) is 2.23. The van der Waals surface area contributed by atoms with Gasteiger partial charge in [-0.2, -0.15) is 0 Å². The molecule has 4 atom stereocenters. The lowest BCUT2D eigenvalue weighted by Gasteiger charge is -2.41. The van der Waals surface area contributed by atoms with E-state index in [9.17, 15) is 0 Å². The molecule has 0 radical (unpaired) electrons. The molecule has 0 spiro atoms. The molecule has 9 heteroatoms. The van der Waals surface area contributed by atoms with Crippen molar-refractivity contribution in [3.63, 3.8) is 0 Å². The molecular formula is C22H51NO6Si2. The summed E-state index contributed by atoms with van der Waals surface area (Å²) in [5.74, 6) is 0. The lowest BCUT2D eigenvalue weighted by Crippen LogP contribution is -2.56. The average molecular weight is 482 g/mol. The van der Waals surface area contributed by atoms with Crippen molar-refractivity contribution in [2.45, 2.75) is 110 Å². The Labute approximate surface area is 194 Å². The van der Waals surface area contributed by atoms with Crippen molar-refractivity contribution >= 4 is 17.1 Å². The maximum absolute atomic E-state index is 6.58. The third-order valence-corrected chi connectivity index (χ3v) is 12.9. The number of hydrogen-bond donors (Lipinski definition) is 0. The SMILES string of the molecule is CCCCC(OC(C)N(CC)C(C)OC(CCCC)[Si](C)(OC)OC)[Si](C)(OC)OC. The predicted octanol–water partition coefficient (Wildman–Crippen LogP) is 4.96. The van der Waals surface area contributed by atoms with Crippen LogP contribution in [0.25, 0.3) is 0 Å². The molecule has 0 bridgehead atoms. The standard InChI is InChI=1S/C22H51NO6Si2/c1-12-15-17-21(30(10,24-6)25-7)28-19(4)23(14-3)20(5)29-22(18-16-13-2)31(11,26-8)27-9/h19-22H,12-18H2,1-11H3. The van der Waals surface area contributed by atoms with Crippen LogP contribution in [-0.2, 0) is 27.2 Å². The van der Waals surface area contributed by atoms with Gasteiger partial charge in [0, 0.05) is 35.0 Å². The second-order valence-corrected chi connectivity index (χ2v) is 15.4. The minimum atomic E-state index is -2.43. The highest BCUT2D eigenvalue weighted by atomic mass is 28.4. The quantitative estimate of drug-likeness (QED) is 0.191. The Morgan fingerprint density at radius 1 is 0.645 bits per heavy atom. The van der Waals surface area contributed by atoms with E-state index in [4.69, 9.17) is 27.2 Å². The van der Waals surface area contributed by atoms with Gasteiger partial charge in [-0.05, 0) is 39.8 Å².